The summed E-state index contributed by atoms with van der Waals surface area (Å²) in [4.78, 5) is 0. The minimum Gasteiger partial charge on any atom is -0.870 e. The van der Waals surface area contributed by atoms with Crippen LogP contribution in [0.5, 0.6) is 0 Å². The van der Waals surface area contributed by atoms with Gasteiger partial charge in [-0.2, -0.15) is 0 Å². The van der Waals surface area contributed by atoms with Gasteiger partial charge in [-0.1, -0.05) is 0 Å². The SMILES string of the molecule is C[N+](C)(C)C1CCCC(O)C1.[OH-]. The average Bonchev–Trinajstić information content (AvgIpc) is 1.86. The molecule has 0 spiro atoms. The van der Waals surface area contributed by atoms with Gasteiger partial charge in [-0.15, -0.1) is 0 Å². The molecule has 3 heteroatoms. The first-order valence-corrected chi connectivity index (χ1v) is 4.49. The second-order valence-corrected chi connectivity index (χ2v) is 4.59. The molecule has 2 unspecified atom stereocenters. The molecule has 3 nitrogen and oxygen atoms in total. The third kappa shape index (κ3) is 3.09. The Balaban J connectivity index is 0.00000121. The van der Waals surface area contributed by atoms with E-state index in [0.717, 1.165) is 17.3 Å². The van der Waals surface area contributed by atoms with Crippen molar-refractivity contribution >= 4 is 0 Å². The highest BCUT2D eigenvalue weighted by molar-refractivity contribution is 4.71. The molecule has 0 heterocycles. The van der Waals surface area contributed by atoms with Crippen LogP contribution in [0.1, 0.15) is 25.7 Å². The Labute approximate surface area is 74.9 Å². The zero-order valence-electron chi connectivity index (χ0n) is 8.32. The lowest BCUT2D eigenvalue weighted by atomic mass is 9.91. The van der Waals surface area contributed by atoms with Gasteiger partial charge in [-0.3, -0.25) is 0 Å². The van der Waals surface area contributed by atoms with Crippen molar-refractivity contribution < 1.29 is 15.1 Å². The Kier molecular flexibility index (Phi) is 4.17. The largest absolute Gasteiger partial charge is 0.870 e. The molecule has 1 aliphatic rings. The summed E-state index contributed by atoms with van der Waals surface area (Å²) in [6, 6.07) is 0.666. The van der Waals surface area contributed by atoms with Crippen molar-refractivity contribution in [3.05, 3.63) is 0 Å². The molecule has 0 saturated heterocycles. The van der Waals surface area contributed by atoms with Gasteiger partial charge in [0.1, 0.15) is 0 Å². The van der Waals surface area contributed by atoms with Gasteiger partial charge in [-0.05, 0) is 19.3 Å². The molecule has 1 saturated carbocycles. The molecule has 0 aromatic carbocycles. The van der Waals surface area contributed by atoms with Gasteiger partial charge < -0.3 is 15.1 Å². The molecule has 1 rings (SSSR count). The highest BCUT2D eigenvalue weighted by atomic mass is 16.3. The molecule has 1 fully saturated rings. The van der Waals surface area contributed by atoms with Crippen molar-refractivity contribution in [3.63, 3.8) is 0 Å². The van der Waals surface area contributed by atoms with Crippen molar-refractivity contribution in [3.8, 4) is 0 Å². The van der Waals surface area contributed by atoms with Crippen molar-refractivity contribution in [2.45, 2.75) is 37.8 Å². The molecule has 12 heavy (non-hydrogen) atoms. The van der Waals surface area contributed by atoms with Gasteiger partial charge >= 0.3 is 0 Å². The first-order valence-electron chi connectivity index (χ1n) is 4.49. The summed E-state index contributed by atoms with van der Waals surface area (Å²) in [6.45, 7) is 0. The van der Waals surface area contributed by atoms with Crippen LogP contribution in [0.2, 0.25) is 0 Å². The summed E-state index contributed by atoms with van der Waals surface area (Å²) < 4.78 is 0.997. The summed E-state index contributed by atoms with van der Waals surface area (Å²) in [5.74, 6) is 0. The number of hydrogen-bond acceptors (Lipinski definition) is 2. The lowest BCUT2D eigenvalue weighted by molar-refractivity contribution is -0.897. The predicted octanol–water partition coefficient (Wildman–Crippen LogP) is 0.819. The number of aliphatic hydroxyl groups is 1. The van der Waals surface area contributed by atoms with Gasteiger partial charge in [0.05, 0.1) is 33.3 Å². The first-order chi connectivity index (χ1) is 5.00. The summed E-state index contributed by atoms with van der Waals surface area (Å²) in [6.07, 6.45) is 4.44. The monoisotopic (exact) mass is 175 g/mol. The van der Waals surface area contributed by atoms with Gasteiger partial charge in [0, 0.05) is 6.42 Å². The Morgan fingerprint density at radius 2 is 1.75 bits per heavy atom. The van der Waals surface area contributed by atoms with E-state index in [1.54, 1.807) is 0 Å². The average molecular weight is 175 g/mol. The van der Waals surface area contributed by atoms with Crippen molar-refractivity contribution in [1.29, 1.82) is 0 Å². The fraction of sp³-hybridized carbons (Fsp3) is 1.00. The molecule has 1 aliphatic carbocycles. The van der Waals surface area contributed by atoms with Crippen LogP contribution < -0.4 is 0 Å². The normalized spacial score (nSPS) is 31.0. The Bertz CT molecular complexity index is 131. The van der Waals surface area contributed by atoms with E-state index in [1.165, 1.54) is 12.8 Å². The quantitative estimate of drug-likeness (QED) is 0.600. The van der Waals surface area contributed by atoms with E-state index < -0.39 is 0 Å². The Morgan fingerprint density at radius 1 is 1.17 bits per heavy atom. The summed E-state index contributed by atoms with van der Waals surface area (Å²) in [5, 5.41) is 9.43. The number of nitrogens with zero attached hydrogens (tertiary/aromatic N) is 1. The second-order valence-electron chi connectivity index (χ2n) is 4.59. The van der Waals surface area contributed by atoms with Crippen LogP contribution in [0.3, 0.4) is 0 Å². The predicted molar refractivity (Wildman–Crippen MR) is 48.2 cm³/mol. The van der Waals surface area contributed by atoms with E-state index in [4.69, 9.17) is 0 Å². The summed E-state index contributed by atoms with van der Waals surface area (Å²) in [7, 11) is 6.63. The summed E-state index contributed by atoms with van der Waals surface area (Å²) >= 11 is 0. The van der Waals surface area contributed by atoms with E-state index >= 15 is 0 Å². The molecule has 74 valence electrons. The molecule has 0 radical (unpaired) electrons. The molecule has 0 aromatic rings. The maximum absolute atomic E-state index is 9.43. The molecule has 0 aromatic heterocycles. The van der Waals surface area contributed by atoms with E-state index in [-0.39, 0.29) is 11.6 Å². The van der Waals surface area contributed by atoms with E-state index in [9.17, 15) is 5.11 Å². The highest BCUT2D eigenvalue weighted by Gasteiger charge is 2.29. The highest BCUT2D eigenvalue weighted by Crippen LogP contribution is 2.24. The van der Waals surface area contributed by atoms with Crippen LogP contribution in [0.25, 0.3) is 0 Å². The lowest BCUT2D eigenvalue weighted by Gasteiger charge is -2.38. The van der Waals surface area contributed by atoms with Crippen LogP contribution in [0.15, 0.2) is 0 Å². The fourth-order valence-corrected chi connectivity index (χ4v) is 1.84. The lowest BCUT2D eigenvalue weighted by Crippen LogP contribution is -2.48. The topological polar surface area (TPSA) is 50.2 Å². The Hall–Kier alpha value is -0.120. The van der Waals surface area contributed by atoms with Gasteiger partial charge in [-0.25, -0.2) is 0 Å². The van der Waals surface area contributed by atoms with Crippen molar-refractivity contribution in [2.75, 3.05) is 21.1 Å². The van der Waals surface area contributed by atoms with E-state index in [1.807, 2.05) is 0 Å². The molecule has 0 bridgehead atoms. The van der Waals surface area contributed by atoms with Crippen LogP contribution >= 0.6 is 0 Å². The standard InChI is InChI=1S/C9H20NO.H2O/c1-10(2,3)8-5-4-6-9(11)7-8;/h8-9,11H,4-7H2,1-3H3;1H2/q+1;/p-1. The molecule has 2 atom stereocenters. The number of hydrogen-bond donors (Lipinski definition) is 1. The third-order valence-corrected chi connectivity index (χ3v) is 2.71. The maximum Gasteiger partial charge on any atom is 0.0909 e. The first kappa shape index (κ1) is 11.9. The van der Waals surface area contributed by atoms with Gasteiger partial charge in [0.15, 0.2) is 0 Å². The van der Waals surface area contributed by atoms with Crippen molar-refractivity contribution in [2.24, 2.45) is 0 Å². The third-order valence-electron chi connectivity index (χ3n) is 2.71. The second kappa shape index (κ2) is 4.21. The fourth-order valence-electron chi connectivity index (χ4n) is 1.84. The maximum atomic E-state index is 9.43. The molecule has 0 aliphatic heterocycles. The summed E-state index contributed by atoms with van der Waals surface area (Å²) in [5.41, 5.74) is 0. The van der Waals surface area contributed by atoms with Crippen LogP contribution in [0, 0.1) is 0 Å². The Morgan fingerprint density at radius 3 is 2.08 bits per heavy atom. The zero-order valence-corrected chi connectivity index (χ0v) is 8.32. The minimum atomic E-state index is -0.0360. The number of quaternary nitrogens is 1. The van der Waals surface area contributed by atoms with Crippen LogP contribution in [-0.2, 0) is 0 Å². The smallest absolute Gasteiger partial charge is 0.0909 e. The minimum absolute atomic E-state index is 0. The molecular formula is C9H21NO2. The van der Waals surface area contributed by atoms with E-state index in [0.29, 0.717) is 6.04 Å². The van der Waals surface area contributed by atoms with Gasteiger partial charge in [0.25, 0.3) is 0 Å². The molecular weight excluding hydrogens is 154 g/mol. The number of aliphatic hydroxyl groups excluding tert-OH is 1. The zero-order chi connectivity index (χ0) is 8.48. The van der Waals surface area contributed by atoms with Crippen LogP contribution in [-0.4, -0.2) is 48.4 Å². The van der Waals surface area contributed by atoms with Crippen LogP contribution in [0.4, 0.5) is 0 Å². The van der Waals surface area contributed by atoms with Crippen molar-refractivity contribution in [1.82, 2.24) is 0 Å². The van der Waals surface area contributed by atoms with E-state index in [2.05, 4.69) is 21.1 Å². The van der Waals surface area contributed by atoms with Gasteiger partial charge in [0.2, 0.25) is 0 Å². The molecule has 0 amide bonds. The number of rotatable bonds is 1. The molecule has 2 N–H and O–H groups in total.